The zero-order chi connectivity index (χ0) is 20.3. The van der Waals surface area contributed by atoms with Crippen LogP contribution in [0.15, 0.2) is 53.4 Å². The predicted octanol–water partition coefficient (Wildman–Crippen LogP) is 3.35. The Kier molecular flexibility index (Phi) is 7.18. The van der Waals surface area contributed by atoms with Crippen LogP contribution in [0.1, 0.15) is 5.56 Å². The van der Waals surface area contributed by atoms with Gasteiger partial charge in [0.2, 0.25) is 10.0 Å². The average molecular weight is 439 g/mol. The quantitative estimate of drug-likeness (QED) is 0.549. The molecule has 0 amide bonds. The summed E-state index contributed by atoms with van der Waals surface area (Å²) in [5.41, 5.74) is 7.11. The molecular weight excluding hydrogens is 416 g/mol. The van der Waals surface area contributed by atoms with Gasteiger partial charge in [0.15, 0.2) is 11.5 Å². The van der Waals surface area contributed by atoms with Gasteiger partial charge in [0.25, 0.3) is 0 Å². The largest absolute Gasteiger partial charge is 0.496 e. The molecule has 3 rings (SSSR count). The maximum atomic E-state index is 13.0. The Labute approximate surface area is 176 Å². The van der Waals surface area contributed by atoms with Gasteiger partial charge in [-0.05, 0) is 18.2 Å². The van der Waals surface area contributed by atoms with Crippen molar-refractivity contribution < 1.29 is 22.6 Å². The Bertz CT molecular complexity index is 1120. The first-order valence-corrected chi connectivity index (χ1v) is 9.95. The van der Waals surface area contributed by atoms with Crippen molar-refractivity contribution in [1.82, 2.24) is 4.72 Å². The second-order valence-electron chi connectivity index (χ2n) is 6.04. The lowest BCUT2D eigenvalue weighted by atomic mass is 10.1. The molecule has 3 aromatic carbocycles. The smallest absolute Gasteiger partial charge is 0.241 e. The van der Waals surface area contributed by atoms with Gasteiger partial charge in [0, 0.05) is 34.6 Å². The number of benzene rings is 3. The molecule has 0 aliphatic carbocycles. The van der Waals surface area contributed by atoms with Crippen LogP contribution in [-0.2, 0) is 16.6 Å². The Morgan fingerprint density at radius 1 is 0.862 bits per heavy atom. The summed E-state index contributed by atoms with van der Waals surface area (Å²) in [7, 11) is 0.744. The molecule has 0 heterocycles. The van der Waals surface area contributed by atoms with E-state index in [1.54, 1.807) is 48.5 Å². The highest BCUT2D eigenvalue weighted by molar-refractivity contribution is 7.89. The number of anilines is 1. The maximum absolute atomic E-state index is 13.0. The first-order chi connectivity index (χ1) is 13.4. The summed E-state index contributed by atoms with van der Waals surface area (Å²) in [6.07, 6.45) is 0. The first-order valence-electron chi connectivity index (χ1n) is 8.47. The van der Waals surface area contributed by atoms with E-state index in [4.69, 9.17) is 19.9 Å². The number of nitrogen functional groups attached to an aromatic ring is 1. The molecule has 156 valence electrons. The molecule has 9 heteroatoms. The van der Waals surface area contributed by atoms with Crippen molar-refractivity contribution >= 4 is 38.9 Å². The first kappa shape index (κ1) is 22.6. The van der Waals surface area contributed by atoms with Gasteiger partial charge < -0.3 is 19.9 Å². The highest BCUT2D eigenvalue weighted by atomic mass is 35.5. The number of fused-ring (bicyclic) bond motifs is 1. The van der Waals surface area contributed by atoms with Crippen LogP contribution in [0.2, 0.25) is 0 Å². The van der Waals surface area contributed by atoms with Crippen LogP contribution < -0.4 is 24.7 Å². The van der Waals surface area contributed by atoms with Crippen molar-refractivity contribution in [3.8, 4) is 17.2 Å². The molecule has 0 aromatic heterocycles. The molecule has 29 heavy (non-hydrogen) atoms. The average Bonchev–Trinajstić information content (AvgIpc) is 2.71. The van der Waals surface area contributed by atoms with Gasteiger partial charge in [-0.15, -0.1) is 12.4 Å². The summed E-state index contributed by atoms with van der Waals surface area (Å²) in [4.78, 5) is 0.164. The topological polar surface area (TPSA) is 99.9 Å². The van der Waals surface area contributed by atoms with Crippen molar-refractivity contribution in [2.75, 3.05) is 27.1 Å². The van der Waals surface area contributed by atoms with E-state index in [0.717, 1.165) is 0 Å². The lowest BCUT2D eigenvalue weighted by Gasteiger charge is -2.15. The fraction of sp³-hybridized carbons (Fsp3) is 0.200. The molecule has 0 spiro atoms. The summed E-state index contributed by atoms with van der Waals surface area (Å²) < 4.78 is 44.4. The van der Waals surface area contributed by atoms with E-state index in [1.165, 1.54) is 21.3 Å². The highest BCUT2D eigenvalue weighted by Gasteiger charge is 2.19. The van der Waals surface area contributed by atoms with Gasteiger partial charge in [-0.1, -0.05) is 24.3 Å². The third-order valence-electron chi connectivity index (χ3n) is 4.44. The van der Waals surface area contributed by atoms with Crippen molar-refractivity contribution in [2.24, 2.45) is 0 Å². The minimum absolute atomic E-state index is 0. The van der Waals surface area contributed by atoms with Crippen LogP contribution in [0.4, 0.5) is 5.69 Å². The molecule has 7 nitrogen and oxygen atoms in total. The number of sulfonamides is 1. The molecule has 0 saturated carbocycles. The maximum Gasteiger partial charge on any atom is 0.241 e. The number of hydrogen-bond acceptors (Lipinski definition) is 6. The van der Waals surface area contributed by atoms with Crippen molar-refractivity contribution in [3.63, 3.8) is 0 Å². The molecule has 0 aliphatic rings. The molecule has 3 aromatic rings. The fourth-order valence-electron chi connectivity index (χ4n) is 3.02. The second-order valence-corrected chi connectivity index (χ2v) is 7.78. The van der Waals surface area contributed by atoms with E-state index in [0.29, 0.717) is 39.3 Å². The molecular formula is C20H23ClN2O5S. The Balaban J connectivity index is 0.00000300. The van der Waals surface area contributed by atoms with Crippen molar-refractivity contribution in [3.05, 3.63) is 54.1 Å². The predicted molar refractivity (Wildman–Crippen MR) is 116 cm³/mol. The Hall–Kier alpha value is -2.68. The number of ether oxygens (including phenoxy) is 3. The zero-order valence-electron chi connectivity index (χ0n) is 16.3. The zero-order valence-corrected chi connectivity index (χ0v) is 17.9. The fourth-order valence-corrected chi connectivity index (χ4v) is 4.25. The van der Waals surface area contributed by atoms with Crippen molar-refractivity contribution in [2.45, 2.75) is 11.4 Å². The number of nitrogens with two attached hydrogens (primary N) is 1. The van der Waals surface area contributed by atoms with E-state index in [2.05, 4.69) is 4.72 Å². The summed E-state index contributed by atoms with van der Waals surface area (Å²) in [6.45, 7) is 0.0184. The Morgan fingerprint density at radius 3 is 2.10 bits per heavy atom. The van der Waals surface area contributed by atoms with Gasteiger partial charge in [-0.25, -0.2) is 13.1 Å². The van der Waals surface area contributed by atoms with E-state index >= 15 is 0 Å². The van der Waals surface area contributed by atoms with E-state index < -0.39 is 10.0 Å². The lowest BCUT2D eigenvalue weighted by molar-refractivity contribution is 0.347. The molecule has 0 fully saturated rings. The Morgan fingerprint density at radius 2 is 1.45 bits per heavy atom. The van der Waals surface area contributed by atoms with E-state index in [9.17, 15) is 8.42 Å². The number of hydrogen-bond donors (Lipinski definition) is 2. The summed E-state index contributed by atoms with van der Waals surface area (Å²) in [6, 6.07) is 13.6. The highest BCUT2D eigenvalue weighted by Crippen LogP contribution is 2.35. The number of halogens is 1. The van der Waals surface area contributed by atoms with Gasteiger partial charge in [0.1, 0.15) is 5.75 Å². The number of rotatable bonds is 7. The van der Waals surface area contributed by atoms with Gasteiger partial charge in [-0.2, -0.15) is 0 Å². The third-order valence-corrected chi connectivity index (χ3v) is 5.90. The minimum Gasteiger partial charge on any atom is -0.496 e. The van der Waals surface area contributed by atoms with Crippen LogP contribution in [0.5, 0.6) is 17.2 Å². The van der Waals surface area contributed by atoms with Crippen LogP contribution in [0.25, 0.3) is 10.8 Å². The minimum atomic E-state index is -3.80. The van der Waals surface area contributed by atoms with E-state index in [-0.39, 0.29) is 23.8 Å². The van der Waals surface area contributed by atoms with Crippen LogP contribution in [-0.4, -0.2) is 29.7 Å². The molecule has 0 bridgehead atoms. The number of nitrogens with one attached hydrogen (secondary N) is 1. The summed E-state index contributed by atoms with van der Waals surface area (Å²) in [5, 5.41) is 1.25. The normalized spacial score (nSPS) is 11.0. The standard InChI is InChI=1S/C20H22N2O5S.ClH/c1-25-17-11-19(27-3)18(26-2)10-13(17)12-22-28(23,24)20-9-5-6-14-15(20)7-4-8-16(14)21;/h4-11,22H,12,21H2,1-3H3;1H. The molecule has 3 N–H and O–H groups in total. The summed E-state index contributed by atoms with van der Waals surface area (Å²) >= 11 is 0. The second kappa shape index (κ2) is 9.21. The van der Waals surface area contributed by atoms with E-state index in [1.807, 2.05) is 0 Å². The molecule has 0 atom stereocenters. The summed E-state index contributed by atoms with van der Waals surface area (Å²) in [5.74, 6) is 1.47. The van der Waals surface area contributed by atoms with Crippen molar-refractivity contribution in [1.29, 1.82) is 0 Å². The molecule has 0 aliphatic heterocycles. The lowest BCUT2D eigenvalue weighted by Crippen LogP contribution is -2.23. The molecule has 0 radical (unpaired) electrons. The SMILES string of the molecule is COc1cc(OC)c(OC)cc1CNS(=O)(=O)c1cccc2c(N)cccc12.Cl. The number of methoxy groups -OCH3 is 3. The van der Waals surface area contributed by atoms with Crippen LogP contribution >= 0.6 is 12.4 Å². The van der Waals surface area contributed by atoms with Crippen LogP contribution in [0.3, 0.4) is 0 Å². The third kappa shape index (κ3) is 4.50. The molecule has 0 unspecified atom stereocenters. The molecule has 0 saturated heterocycles. The van der Waals surface area contributed by atoms with Gasteiger partial charge in [0.05, 0.1) is 26.2 Å². The monoisotopic (exact) mass is 438 g/mol. The van der Waals surface area contributed by atoms with Crippen LogP contribution in [0, 0.1) is 0 Å². The van der Waals surface area contributed by atoms with Gasteiger partial charge >= 0.3 is 0 Å². The van der Waals surface area contributed by atoms with Gasteiger partial charge in [-0.3, -0.25) is 0 Å².